The Morgan fingerprint density at radius 3 is 2.86 bits per heavy atom. The highest BCUT2D eigenvalue weighted by atomic mass is 16.5. The Bertz CT molecular complexity index is 353. The molecule has 0 aromatic carbocycles. The summed E-state index contributed by atoms with van der Waals surface area (Å²) < 4.78 is 5.53. The Morgan fingerprint density at radius 2 is 2.19 bits per heavy atom. The fourth-order valence-electron chi connectivity index (χ4n) is 3.43. The molecule has 3 aliphatic rings. The number of carbonyl (C=O) groups excluding carboxylic acids is 1. The van der Waals surface area contributed by atoms with E-state index >= 15 is 0 Å². The van der Waals surface area contributed by atoms with Crippen LogP contribution in [0.3, 0.4) is 0 Å². The summed E-state index contributed by atoms with van der Waals surface area (Å²) in [5, 5.41) is 3.55. The number of ether oxygens (including phenoxy) is 1. The van der Waals surface area contributed by atoms with E-state index in [0.717, 1.165) is 38.6 Å². The topological polar surface area (TPSA) is 44.8 Å². The maximum absolute atomic E-state index is 12.5. The van der Waals surface area contributed by atoms with Gasteiger partial charge < -0.3 is 15.0 Å². The number of nitrogens with zero attached hydrogens (tertiary/aromatic N) is 2. The molecule has 1 aliphatic carbocycles. The van der Waals surface area contributed by atoms with Crippen LogP contribution in [0.2, 0.25) is 0 Å². The number of amides is 1. The van der Waals surface area contributed by atoms with E-state index in [1.807, 2.05) is 11.8 Å². The Kier molecular flexibility index (Phi) is 5.14. The number of carbonyl (C=O) groups is 1. The van der Waals surface area contributed by atoms with Gasteiger partial charge in [0.15, 0.2) is 0 Å². The highest BCUT2D eigenvalue weighted by Gasteiger charge is 2.29. The molecule has 1 amide bonds. The molecule has 2 atom stereocenters. The minimum atomic E-state index is 0.177. The molecular formula is C16H29N3O2. The molecule has 0 aromatic heterocycles. The molecule has 3 rings (SSSR count). The minimum absolute atomic E-state index is 0.177. The predicted molar refractivity (Wildman–Crippen MR) is 82.2 cm³/mol. The molecule has 0 bridgehead atoms. The van der Waals surface area contributed by atoms with Gasteiger partial charge in [0.1, 0.15) is 0 Å². The maximum atomic E-state index is 12.5. The average molecular weight is 295 g/mol. The van der Waals surface area contributed by atoms with Gasteiger partial charge in [0, 0.05) is 32.2 Å². The monoisotopic (exact) mass is 295 g/mol. The van der Waals surface area contributed by atoms with E-state index in [4.69, 9.17) is 4.74 Å². The number of rotatable bonds is 6. The van der Waals surface area contributed by atoms with Crippen LogP contribution in [-0.4, -0.2) is 73.7 Å². The van der Waals surface area contributed by atoms with E-state index in [1.54, 1.807) is 0 Å². The highest BCUT2D eigenvalue weighted by Crippen LogP contribution is 2.30. The lowest BCUT2D eigenvalue weighted by Gasteiger charge is -2.33. The molecule has 3 fully saturated rings. The van der Waals surface area contributed by atoms with E-state index in [2.05, 4.69) is 10.2 Å². The van der Waals surface area contributed by atoms with Crippen LogP contribution in [0.1, 0.15) is 32.6 Å². The first-order valence-electron chi connectivity index (χ1n) is 8.56. The van der Waals surface area contributed by atoms with Crippen molar-refractivity contribution in [3.8, 4) is 0 Å². The van der Waals surface area contributed by atoms with Crippen molar-refractivity contribution in [2.45, 2.75) is 44.8 Å². The van der Waals surface area contributed by atoms with Gasteiger partial charge in [-0.1, -0.05) is 0 Å². The fourth-order valence-corrected chi connectivity index (χ4v) is 3.43. The van der Waals surface area contributed by atoms with E-state index in [9.17, 15) is 4.79 Å². The standard InChI is InChI=1S/C16H29N3O2/c1-13-9-19(7-8-21-13)16(20)12-18(10-14-4-5-14)11-15-3-2-6-17-15/h13-15,17H,2-12H2,1H3. The van der Waals surface area contributed by atoms with Crippen LogP contribution < -0.4 is 5.32 Å². The molecule has 0 aromatic rings. The van der Waals surface area contributed by atoms with Crippen molar-refractivity contribution in [3.05, 3.63) is 0 Å². The van der Waals surface area contributed by atoms with E-state index in [1.165, 1.54) is 25.7 Å². The van der Waals surface area contributed by atoms with Gasteiger partial charge in [-0.15, -0.1) is 0 Å². The molecule has 1 N–H and O–H groups in total. The quantitative estimate of drug-likeness (QED) is 0.783. The van der Waals surface area contributed by atoms with Crippen molar-refractivity contribution in [2.75, 3.05) is 45.9 Å². The number of nitrogens with one attached hydrogen (secondary N) is 1. The first kappa shape index (κ1) is 15.3. The lowest BCUT2D eigenvalue weighted by Crippen LogP contribution is -2.50. The first-order chi connectivity index (χ1) is 10.2. The third-order valence-corrected chi connectivity index (χ3v) is 4.81. The molecular weight excluding hydrogens is 266 g/mol. The van der Waals surface area contributed by atoms with Crippen LogP contribution in [0.15, 0.2) is 0 Å². The molecule has 5 nitrogen and oxygen atoms in total. The molecule has 2 saturated heterocycles. The third-order valence-electron chi connectivity index (χ3n) is 4.81. The lowest BCUT2D eigenvalue weighted by atomic mass is 10.2. The number of hydrogen-bond donors (Lipinski definition) is 1. The zero-order chi connectivity index (χ0) is 14.7. The molecule has 5 heteroatoms. The molecule has 120 valence electrons. The summed E-state index contributed by atoms with van der Waals surface area (Å²) in [6.07, 6.45) is 5.39. The molecule has 1 saturated carbocycles. The summed E-state index contributed by atoms with van der Waals surface area (Å²) in [5.41, 5.74) is 0. The summed E-state index contributed by atoms with van der Waals surface area (Å²) in [7, 11) is 0. The molecule has 2 unspecified atom stereocenters. The first-order valence-corrected chi connectivity index (χ1v) is 8.56. The van der Waals surface area contributed by atoms with Gasteiger partial charge in [0.25, 0.3) is 0 Å². The Balaban J connectivity index is 1.50. The summed E-state index contributed by atoms with van der Waals surface area (Å²) in [6, 6.07) is 0.583. The summed E-state index contributed by atoms with van der Waals surface area (Å²) in [5.74, 6) is 1.12. The zero-order valence-electron chi connectivity index (χ0n) is 13.2. The van der Waals surface area contributed by atoms with Gasteiger partial charge in [-0.3, -0.25) is 9.69 Å². The van der Waals surface area contributed by atoms with Crippen molar-refractivity contribution >= 4 is 5.91 Å². The predicted octanol–water partition coefficient (Wildman–Crippen LogP) is 0.698. The largest absolute Gasteiger partial charge is 0.375 e. The smallest absolute Gasteiger partial charge is 0.236 e. The van der Waals surface area contributed by atoms with Gasteiger partial charge >= 0.3 is 0 Å². The third kappa shape index (κ3) is 4.66. The van der Waals surface area contributed by atoms with Crippen molar-refractivity contribution in [3.63, 3.8) is 0 Å². The van der Waals surface area contributed by atoms with Crippen LogP contribution in [0.5, 0.6) is 0 Å². The van der Waals surface area contributed by atoms with Gasteiger partial charge in [-0.25, -0.2) is 0 Å². The van der Waals surface area contributed by atoms with Crippen molar-refractivity contribution in [1.82, 2.24) is 15.1 Å². The van der Waals surface area contributed by atoms with Gasteiger partial charge in [-0.05, 0) is 45.1 Å². The van der Waals surface area contributed by atoms with Gasteiger partial charge in [0.2, 0.25) is 5.91 Å². The number of morpholine rings is 1. The van der Waals surface area contributed by atoms with Crippen LogP contribution >= 0.6 is 0 Å². The molecule has 21 heavy (non-hydrogen) atoms. The highest BCUT2D eigenvalue weighted by molar-refractivity contribution is 5.78. The Labute approximate surface area is 128 Å². The van der Waals surface area contributed by atoms with Crippen molar-refractivity contribution in [1.29, 1.82) is 0 Å². The minimum Gasteiger partial charge on any atom is -0.375 e. The Hall–Kier alpha value is -0.650. The van der Waals surface area contributed by atoms with Gasteiger partial charge in [0.05, 0.1) is 19.3 Å². The fraction of sp³-hybridized carbons (Fsp3) is 0.938. The molecule has 0 radical (unpaired) electrons. The normalized spacial score (nSPS) is 30.1. The summed E-state index contributed by atoms with van der Waals surface area (Å²) >= 11 is 0. The van der Waals surface area contributed by atoms with Crippen LogP contribution in [0, 0.1) is 5.92 Å². The second kappa shape index (κ2) is 7.07. The summed E-state index contributed by atoms with van der Waals surface area (Å²) in [6.45, 7) is 8.08. The Morgan fingerprint density at radius 1 is 1.33 bits per heavy atom. The van der Waals surface area contributed by atoms with E-state index < -0.39 is 0 Å². The molecule has 0 spiro atoms. The van der Waals surface area contributed by atoms with Crippen LogP contribution in [0.4, 0.5) is 0 Å². The van der Waals surface area contributed by atoms with Crippen molar-refractivity contribution in [2.24, 2.45) is 5.92 Å². The average Bonchev–Trinajstić information content (AvgIpc) is 3.12. The van der Waals surface area contributed by atoms with Crippen LogP contribution in [-0.2, 0) is 9.53 Å². The van der Waals surface area contributed by atoms with Crippen LogP contribution in [0.25, 0.3) is 0 Å². The second-order valence-electron chi connectivity index (χ2n) is 6.95. The van der Waals surface area contributed by atoms with Crippen molar-refractivity contribution < 1.29 is 9.53 Å². The second-order valence-corrected chi connectivity index (χ2v) is 6.95. The molecule has 2 heterocycles. The van der Waals surface area contributed by atoms with E-state index in [0.29, 0.717) is 19.2 Å². The lowest BCUT2D eigenvalue weighted by molar-refractivity contribution is -0.139. The van der Waals surface area contributed by atoms with E-state index in [-0.39, 0.29) is 12.0 Å². The maximum Gasteiger partial charge on any atom is 0.236 e. The van der Waals surface area contributed by atoms with Gasteiger partial charge in [-0.2, -0.15) is 0 Å². The zero-order valence-corrected chi connectivity index (χ0v) is 13.2. The SMILES string of the molecule is CC1CN(C(=O)CN(CC2CC2)CC2CCCN2)CCO1. The summed E-state index contributed by atoms with van der Waals surface area (Å²) in [4.78, 5) is 16.9. The number of hydrogen-bond acceptors (Lipinski definition) is 4. The molecule has 2 aliphatic heterocycles.